The lowest BCUT2D eigenvalue weighted by Crippen LogP contribution is -2.26. The van der Waals surface area contributed by atoms with E-state index in [1.807, 2.05) is 43.3 Å². The normalized spacial score (nSPS) is 15.8. The molecule has 10 heteroatoms. The zero-order valence-corrected chi connectivity index (χ0v) is 24.7. The monoisotopic (exact) mass is 597 g/mol. The quantitative estimate of drug-likeness (QED) is 0.142. The summed E-state index contributed by atoms with van der Waals surface area (Å²) in [4.78, 5) is 14.4. The summed E-state index contributed by atoms with van der Waals surface area (Å²) in [5.41, 5.74) is 7.67. The molecule has 0 bridgehead atoms. The number of aromatic amines is 2. The van der Waals surface area contributed by atoms with E-state index >= 15 is 0 Å². The maximum atomic E-state index is 14.6. The number of hydrogen-bond acceptors (Lipinski definition) is 5. The van der Waals surface area contributed by atoms with Gasteiger partial charge in [0.2, 0.25) is 0 Å². The van der Waals surface area contributed by atoms with Crippen LogP contribution in [0.4, 0.5) is 18.9 Å². The summed E-state index contributed by atoms with van der Waals surface area (Å²) in [7, 11) is 0. The molecule has 44 heavy (non-hydrogen) atoms. The first kappa shape index (κ1) is 29.4. The van der Waals surface area contributed by atoms with Crippen LogP contribution >= 0.6 is 0 Å². The second kappa shape index (κ2) is 12.1. The first-order valence-corrected chi connectivity index (χ1v) is 14.7. The molecule has 226 valence electrons. The lowest BCUT2D eigenvalue weighted by Gasteiger charge is -2.16. The number of benzene rings is 2. The molecule has 3 aromatic heterocycles. The Morgan fingerprint density at radius 3 is 2.77 bits per heavy atom. The number of anilines is 1. The fourth-order valence-corrected chi connectivity index (χ4v) is 5.65. The second-order valence-corrected chi connectivity index (χ2v) is 11.1. The summed E-state index contributed by atoms with van der Waals surface area (Å²) >= 11 is 0. The molecular weight excluding hydrogens is 563 g/mol. The van der Waals surface area contributed by atoms with Gasteiger partial charge in [-0.25, -0.2) is 18.2 Å². The van der Waals surface area contributed by atoms with Crippen molar-refractivity contribution in [3.63, 3.8) is 0 Å². The van der Waals surface area contributed by atoms with Crippen molar-refractivity contribution in [3.05, 3.63) is 90.6 Å². The topological polar surface area (TPSA) is 85.5 Å². The van der Waals surface area contributed by atoms with E-state index in [0.29, 0.717) is 52.5 Å². The molecule has 4 heterocycles. The van der Waals surface area contributed by atoms with Crippen LogP contribution < -0.4 is 5.32 Å². The van der Waals surface area contributed by atoms with Gasteiger partial charge >= 0.3 is 0 Å². The number of halogens is 3. The highest BCUT2D eigenvalue weighted by molar-refractivity contribution is 5.98. The van der Waals surface area contributed by atoms with Crippen LogP contribution in [-0.4, -0.2) is 62.2 Å². The minimum atomic E-state index is -2.64. The lowest BCUT2D eigenvalue weighted by atomic mass is 10.00. The van der Waals surface area contributed by atoms with Gasteiger partial charge in [0, 0.05) is 48.9 Å². The van der Waals surface area contributed by atoms with Crippen LogP contribution in [0.2, 0.25) is 0 Å². The number of nitrogens with one attached hydrogen (secondary N) is 3. The SMILES string of the molecule is C=C/C(=C\C(=C/C)c1ccc2[nH]nc(-c3nc4c(-c5cc(F)cc(NCCC)c5)cncc4[nH]3)c2c1)CN1CCC(F)(F)C1. The molecule has 2 aromatic carbocycles. The van der Waals surface area contributed by atoms with Gasteiger partial charge in [-0.15, -0.1) is 0 Å². The molecule has 1 aliphatic rings. The molecule has 1 saturated heterocycles. The number of pyridine rings is 1. The van der Waals surface area contributed by atoms with Crippen molar-refractivity contribution in [1.29, 1.82) is 0 Å². The van der Waals surface area contributed by atoms with E-state index in [2.05, 4.69) is 39.0 Å². The van der Waals surface area contributed by atoms with Crippen molar-refractivity contribution in [2.75, 3.05) is 31.5 Å². The minimum absolute atomic E-state index is 0.118. The smallest absolute Gasteiger partial charge is 0.261 e. The maximum Gasteiger partial charge on any atom is 0.261 e. The van der Waals surface area contributed by atoms with Crippen LogP contribution in [-0.2, 0) is 0 Å². The van der Waals surface area contributed by atoms with E-state index in [1.54, 1.807) is 23.4 Å². The largest absolute Gasteiger partial charge is 0.385 e. The molecule has 0 amide bonds. The van der Waals surface area contributed by atoms with E-state index in [4.69, 9.17) is 4.98 Å². The Kier molecular flexibility index (Phi) is 8.09. The van der Waals surface area contributed by atoms with Crippen molar-refractivity contribution in [3.8, 4) is 22.6 Å². The molecular formula is C34H34F3N7. The number of allylic oxidation sites excluding steroid dienone is 3. The Morgan fingerprint density at radius 1 is 1.16 bits per heavy atom. The lowest BCUT2D eigenvalue weighted by molar-refractivity contribution is 0.0131. The van der Waals surface area contributed by atoms with E-state index in [1.165, 1.54) is 12.1 Å². The summed E-state index contributed by atoms with van der Waals surface area (Å²) in [5.74, 6) is -2.43. The van der Waals surface area contributed by atoms with Gasteiger partial charge in [-0.05, 0) is 65.9 Å². The van der Waals surface area contributed by atoms with Gasteiger partial charge in [-0.2, -0.15) is 5.10 Å². The number of H-pyrrole nitrogens is 2. The molecule has 1 aliphatic heterocycles. The number of alkyl halides is 2. The number of imidazole rings is 1. The molecule has 0 atom stereocenters. The minimum Gasteiger partial charge on any atom is -0.385 e. The van der Waals surface area contributed by atoms with E-state index in [0.717, 1.165) is 40.6 Å². The number of rotatable bonds is 10. The van der Waals surface area contributed by atoms with E-state index in [-0.39, 0.29) is 18.8 Å². The standard InChI is InChI=1S/C34H34F3N7/c1-4-10-39-26-14-24(13-25(35)16-26)28-17-38-18-30-31(28)41-33(40-30)32-27-15-23(7-8-29(27)42-43-32)22(6-3)12-21(5-2)19-44-11-9-34(36,37)20-44/h5-8,12-18,39H,2,4,9-11,19-20H2,1,3H3,(H,40,41)(H,42,43)/b21-12+,22-6+. The third-order valence-electron chi connectivity index (χ3n) is 7.87. The zero-order chi connectivity index (χ0) is 30.8. The van der Waals surface area contributed by atoms with E-state index < -0.39 is 5.92 Å². The Labute approximate surface area is 253 Å². The van der Waals surface area contributed by atoms with Gasteiger partial charge in [0.1, 0.15) is 11.5 Å². The highest BCUT2D eigenvalue weighted by Gasteiger charge is 2.38. The predicted octanol–water partition coefficient (Wildman–Crippen LogP) is 7.99. The fraction of sp³-hybridized carbons (Fsp3) is 0.265. The molecule has 7 nitrogen and oxygen atoms in total. The van der Waals surface area contributed by atoms with Crippen molar-refractivity contribution in [2.24, 2.45) is 0 Å². The fourth-order valence-electron chi connectivity index (χ4n) is 5.65. The summed E-state index contributed by atoms with van der Waals surface area (Å²) in [6, 6.07) is 10.9. The second-order valence-electron chi connectivity index (χ2n) is 11.1. The Balaban J connectivity index is 1.34. The van der Waals surface area contributed by atoms with Gasteiger partial charge in [0.25, 0.3) is 5.92 Å². The number of likely N-dealkylation sites (tertiary alicyclic amines) is 1. The summed E-state index contributed by atoms with van der Waals surface area (Å²) in [6.07, 6.45) is 9.90. The van der Waals surface area contributed by atoms with Crippen molar-refractivity contribution >= 4 is 33.2 Å². The number of fused-ring (bicyclic) bond motifs is 2. The van der Waals surface area contributed by atoms with Gasteiger partial charge in [0.05, 0.1) is 29.3 Å². The first-order chi connectivity index (χ1) is 21.3. The average molecular weight is 598 g/mol. The molecule has 0 aliphatic carbocycles. The summed E-state index contributed by atoms with van der Waals surface area (Å²) in [5, 5.41) is 11.8. The van der Waals surface area contributed by atoms with Crippen LogP contribution in [0.5, 0.6) is 0 Å². The van der Waals surface area contributed by atoms with Crippen molar-refractivity contribution in [2.45, 2.75) is 32.6 Å². The van der Waals surface area contributed by atoms with Crippen LogP contribution in [0, 0.1) is 5.82 Å². The van der Waals surface area contributed by atoms with Crippen molar-refractivity contribution < 1.29 is 13.2 Å². The highest BCUT2D eigenvalue weighted by atomic mass is 19.3. The Hall–Kier alpha value is -4.70. The Morgan fingerprint density at radius 2 is 2.02 bits per heavy atom. The molecule has 0 unspecified atom stereocenters. The van der Waals surface area contributed by atoms with Crippen LogP contribution in [0.1, 0.15) is 32.3 Å². The molecule has 6 rings (SSSR count). The maximum absolute atomic E-state index is 14.6. The zero-order valence-electron chi connectivity index (χ0n) is 24.7. The summed E-state index contributed by atoms with van der Waals surface area (Å²) in [6.45, 7) is 9.19. The molecule has 1 fully saturated rings. The Bertz CT molecular complexity index is 1900. The van der Waals surface area contributed by atoms with Crippen LogP contribution in [0.25, 0.3) is 50.2 Å². The number of aromatic nitrogens is 5. The molecule has 0 spiro atoms. The molecule has 5 aromatic rings. The van der Waals surface area contributed by atoms with Gasteiger partial charge in [-0.3, -0.25) is 15.0 Å². The third kappa shape index (κ3) is 6.03. The number of nitrogens with zero attached hydrogens (tertiary/aromatic N) is 4. The van der Waals surface area contributed by atoms with Crippen LogP contribution in [0.15, 0.2) is 79.2 Å². The van der Waals surface area contributed by atoms with Gasteiger partial charge in [0.15, 0.2) is 5.82 Å². The highest BCUT2D eigenvalue weighted by Crippen LogP contribution is 2.34. The van der Waals surface area contributed by atoms with E-state index in [9.17, 15) is 13.2 Å². The third-order valence-corrected chi connectivity index (χ3v) is 7.87. The number of hydrogen-bond donors (Lipinski definition) is 3. The van der Waals surface area contributed by atoms with Crippen LogP contribution in [0.3, 0.4) is 0 Å². The van der Waals surface area contributed by atoms with Crippen molar-refractivity contribution in [1.82, 2.24) is 30.0 Å². The predicted molar refractivity (Wildman–Crippen MR) is 171 cm³/mol. The molecule has 3 N–H and O–H groups in total. The molecule has 0 radical (unpaired) electrons. The van der Waals surface area contributed by atoms with Gasteiger partial charge in [-0.1, -0.05) is 37.8 Å². The molecule has 0 saturated carbocycles. The van der Waals surface area contributed by atoms with Gasteiger partial charge < -0.3 is 10.3 Å². The average Bonchev–Trinajstić information content (AvgIpc) is 3.73. The summed E-state index contributed by atoms with van der Waals surface area (Å²) < 4.78 is 42.1. The first-order valence-electron chi connectivity index (χ1n) is 14.7.